The molecule has 2 aromatic carbocycles. The van der Waals surface area contributed by atoms with Crippen LogP contribution >= 0.6 is 11.6 Å². The Morgan fingerprint density at radius 1 is 1.04 bits per heavy atom. The van der Waals surface area contributed by atoms with Gasteiger partial charge in [0.05, 0.1) is 17.7 Å². The Bertz CT molecular complexity index is 871. The van der Waals surface area contributed by atoms with Gasteiger partial charge in [-0.15, -0.1) is 0 Å². The molecule has 0 radical (unpaired) electrons. The first kappa shape index (κ1) is 21.2. The van der Waals surface area contributed by atoms with E-state index in [0.717, 1.165) is 0 Å². The minimum Gasteiger partial charge on any atom is -0.497 e. The molecule has 0 aromatic heterocycles. The Labute approximate surface area is 168 Å². The van der Waals surface area contributed by atoms with Gasteiger partial charge in [0.15, 0.2) is 6.10 Å². The maximum absolute atomic E-state index is 12.2. The number of nitrogens with one attached hydrogen (secondary N) is 2. The molecule has 0 spiro atoms. The lowest BCUT2D eigenvalue weighted by molar-refractivity contribution is -0.154. The van der Waals surface area contributed by atoms with Crippen LogP contribution in [0.2, 0.25) is 5.02 Å². The Kier molecular flexibility index (Phi) is 7.40. The maximum atomic E-state index is 12.2. The van der Waals surface area contributed by atoms with Crippen LogP contribution in [0.5, 0.6) is 5.75 Å². The highest BCUT2D eigenvalue weighted by molar-refractivity contribution is 6.33. The zero-order valence-electron chi connectivity index (χ0n) is 15.7. The Hall–Kier alpha value is -3.06. The zero-order valence-corrected chi connectivity index (χ0v) is 16.4. The summed E-state index contributed by atoms with van der Waals surface area (Å²) in [5.74, 6) is -1.18. The minimum absolute atomic E-state index is 0.243. The Morgan fingerprint density at radius 3 is 2.43 bits per heavy atom. The number of hydrogen-bond acceptors (Lipinski definition) is 5. The van der Waals surface area contributed by atoms with E-state index in [1.807, 2.05) is 0 Å². The molecule has 0 aliphatic carbocycles. The number of anilines is 1. The van der Waals surface area contributed by atoms with Crippen molar-refractivity contribution in [3.63, 3.8) is 0 Å². The lowest BCUT2D eigenvalue weighted by Crippen LogP contribution is -2.42. The molecule has 0 bridgehead atoms. The molecule has 2 rings (SSSR count). The van der Waals surface area contributed by atoms with E-state index in [4.69, 9.17) is 21.1 Å². The summed E-state index contributed by atoms with van der Waals surface area (Å²) < 4.78 is 10.2. The summed E-state index contributed by atoms with van der Waals surface area (Å²) in [7, 11) is 1.52. The maximum Gasteiger partial charge on any atom is 0.329 e. The van der Waals surface area contributed by atoms with Gasteiger partial charge in [-0.3, -0.25) is 9.59 Å². The molecular formula is C20H21ClN2O5. The number of esters is 1. The summed E-state index contributed by atoms with van der Waals surface area (Å²) in [5, 5.41) is 5.40. The topological polar surface area (TPSA) is 93.7 Å². The number of carbonyl (C=O) groups is 3. The van der Waals surface area contributed by atoms with Crippen LogP contribution in [-0.2, 0) is 14.3 Å². The average molecular weight is 405 g/mol. The number of benzene rings is 2. The van der Waals surface area contributed by atoms with Crippen molar-refractivity contribution in [3.8, 4) is 5.75 Å². The lowest BCUT2D eigenvalue weighted by Gasteiger charge is -2.18. The number of rotatable bonds is 7. The molecule has 8 heteroatoms. The normalized spacial score (nSPS) is 12.4. The SMILES string of the molecule is COc1cccc(NC(=O)[C@@H](C)OC(=O)[C@H](C)NC(=O)c2ccccc2Cl)c1. The van der Waals surface area contributed by atoms with Crippen molar-refractivity contribution >= 4 is 35.1 Å². The third-order valence-electron chi connectivity index (χ3n) is 3.82. The molecular weight excluding hydrogens is 384 g/mol. The predicted octanol–water partition coefficient (Wildman–Crippen LogP) is 3.04. The van der Waals surface area contributed by atoms with Gasteiger partial charge in [0.1, 0.15) is 11.8 Å². The minimum atomic E-state index is -1.06. The summed E-state index contributed by atoms with van der Waals surface area (Å²) in [5.41, 5.74) is 0.750. The molecule has 0 saturated carbocycles. The van der Waals surface area contributed by atoms with Crippen LogP contribution in [-0.4, -0.2) is 37.0 Å². The Morgan fingerprint density at radius 2 is 1.75 bits per heavy atom. The first-order valence-electron chi connectivity index (χ1n) is 8.52. The van der Waals surface area contributed by atoms with Gasteiger partial charge in [-0.05, 0) is 38.1 Å². The second kappa shape index (κ2) is 9.75. The van der Waals surface area contributed by atoms with Crippen molar-refractivity contribution in [2.24, 2.45) is 0 Å². The van der Waals surface area contributed by atoms with Gasteiger partial charge >= 0.3 is 5.97 Å². The van der Waals surface area contributed by atoms with E-state index in [1.54, 1.807) is 48.5 Å². The van der Waals surface area contributed by atoms with E-state index in [1.165, 1.54) is 21.0 Å². The largest absolute Gasteiger partial charge is 0.497 e. The van der Waals surface area contributed by atoms with Crippen molar-refractivity contribution < 1.29 is 23.9 Å². The van der Waals surface area contributed by atoms with Crippen molar-refractivity contribution in [2.75, 3.05) is 12.4 Å². The first-order valence-corrected chi connectivity index (χ1v) is 8.90. The first-order chi connectivity index (χ1) is 13.3. The number of methoxy groups -OCH3 is 1. The molecule has 0 aliphatic rings. The van der Waals surface area contributed by atoms with Crippen LogP contribution in [0.15, 0.2) is 48.5 Å². The van der Waals surface area contributed by atoms with Gasteiger partial charge in [0.2, 0.25) is 0 Å². The van der Waals surface area contributed by atoms with E-state index in [9.17, 15) is 14.4 Å². The molecule has 7 nitrogen and oxygen atoms in total. The lowest BCUT2D eigenvalue weighted by atomic mass is 10.2. The van der Waals surface area contributed by atoms with Crippen LogP contribution in [0.1, 0.15) is 24.2 Å². The van der Waals surface area contributed by atoms with Crippen molar-refractivity contribution in [3.05, 3.63) is 59.1 Å². The van der Waals surface area contributed by atoms with Crippen LogP contribution < -0.4 is 15.4 Å². The third-order valence-corrected chi connectivity index (χ3v) is 4.15. The molecule has 148 valence electrons. The monoisotopic (exact) mass is 404 g/mol. The van der Waals surface area contributed by atoms with Gasteiger partial charge in [-0.1, -0.05) is 29.8 Å². The third kappa shape index (κ3) is 5.72. The molecule has 2 N–H and O–H groups in total. The smallest absolute Gasteiger partial charge is 0.329 e. The number of amides is 2. The number of hydrogen-bond donors (Lipinski definition) is 2. The van der Waals surface area contributed by atoms with E-state index in [0.29, 0.717) is 11.4 Å². The van der Waals surface area contributed by atoms with Gasteiger partial charge in [-0.25, -0.2) is 4.79 Å². The summed E-state index contributed by atoms with van der Waals surface area (Å²) in [6, 6.07) is 12.3. The molecule has 2 aromatic rings. The molecule has 0 saturated heterocycles. The summed E-state index contributed by atoms with van der Waals surface area (Å²) in [6.45, 7) is 2.90. The van der Waals surface area contributed by atoms with Gasteiger partial charge in [-0.2, -0.15) is 0 Å². The van der Waals surface area contributed by atoms with Crippen molar-refractivity contribution in [2.45, 2.75) is 26.0 Å². The van der Waals surface area contributed by atoms with Crippen LogP contribution in [0.25, 0.3) is 0 Å². The summed E-state index contributed by atoms with van der Waals surface area (Å²) >= 11 is 5.97. The Balaban J connectivity index is 1.90. The van der Waals surface area contributed by atoms with Crippen LogP contribution in [0.3, 0.4) is 0 Å². The molecule has 0 heterocycles. The number of ether oxygens (including phenoxy) is 2. The molecule has 2 amide bonds. The molecule has 0 unspecified atom stereocenters. The van der Waals surface area contributed by atoms with E-state index >= 15 is 0 Å². The van der Waals surface area contributed by atoms with E-state index < -0.39 is 29.9 Å². The van der Waals surface area contributed by atoms with Gasteiger partial charge < -0.3 is 20.1 Å². The average Bonchev–Trinajstić information content (AvgIpc) is 2.68. The second-order valence-corrected chi connectivity index (χ2v) is 6.38. The second-order valence-electron chi connectivity index (χ2n) is 5.98. The van der Waals surface area contributed by atoms with Crippen molar-refractivity contribution in [1.29, 1.82) is 0 Å². The summed E-state index contributed by atoms with van der Waals surface area (Å²) in [4.78, 5) is 36.6. The van der Waals surface area contributed by atoms with Crippen LogP contribution in [0.4, 0.5) is 5.69 Å². The number of halogens is 1. The molecule has 0 fully saturated rings. The number of carbonyl (C=O) groups excluding carboxylic acids is 3. The predicted molar refractivity (Wildman–Crippen MR) is 106 cm³/mol. The van der Waals surface area contributed by atoms with E-state index in [2.05, 4.69) is 10.6 Å². The highest BCUT2D eigenvalue weighted by Crippen LogP contribution is 2.17. The molecule has 2 atom stereocenters. The van der Waals surface area contributed by atoms with Gasteiger partial charge in [0.25, 0.3) is 11.8 Å². The molecule has 28 heavy (non-hydrogen) atoms. The standard InChI is InChI=1S/C20H21ClN2O5/c1-12(22-19(25)16-9-4-5-10-17(16)21)20(26)28-13(2)18(24)23-14-7-6-8-15(11-14)27-3/h4-13H,1-3H3,(H,22,25)(H,23,24)/t12-,13+/m0/s1. The zero-order chi connectivity index (χ0) is 20.7. The quantitative estimate of drug-likeness (QED) is 0.692. The van der Waals surface area contributed by atoms with Crippen molar-refractivity contribution in [1.82, 2.24) is 5.32 Å². The molecule has 0 aliphatic heterocycles. The fourth-order valence-electron chi connectivity index (χ4n) is 2.25. The highest BCUT2D eigenvalue weighted by Gasteiger charge is 2.24. The van der Waals surface area contributed by atoms with Crippen LogP contribution in [0, 0.1) is 0 Å². The fourth-order valence-corrected chi connectivity index (χ4v) is 2.47. The van der Waals surface area contributed by atoms with Gasteiger partial charge in [0, 0.05) is 11.8 Å². The highest BCUT2D eigenvalue weighted by atomic mass is 35.5. The fraction of sp³-hybridized carbons (Fsp3) is 0.250. The summed E-state index contributed by atoms with van der Waals surface area (Å²) in [6.07, 6.45) is -1.06. The van der Waals surface area contributed by atoms with E-state index in [-0.39, 0.29) is 10.6 Å².